The number of carbonyl (C=O) groups is 2. The Hall–Kier alpha value is -2.81. The van der Waals surface area contributed by atoms with Gasteiger partial charge in [0, 0.05) is 19.4 Å². The lowest BCUT2D eigenvalue weighted by Crippen LogP contribution is -2.29. The highest BCUT2D eigenvalue weighted by molar-refractivity contribution is 7.47. The Morgan fingerprint density at radius 2 is 0.693 bits per heavy atom. The van der Waals surface area contributed by atoms with Crippen LogP contribution in [0, 0.1) is 0 Å². The number of hydrogen-bond acceptors (Lipinski definition) is 8. The number of carbonyl (C=O) groups excluding carboxylic acids is 2. The molecule has 0 rings (SSSR count). The minimum absolute atomic E-state index is 0.0506. The van der Waals surface area contributed by atoms with Crippen molar-refractivity contribution in [3.05, 3.63) is 85.1 Å². The van der Waals surface area contributed by atoms with Gasteiger partial charge in [0.15, 0.2) is 6.10 Å². The van der Waals surface area contributed by atoms with Crippen molar-refractivity contribution in [3.63, 3.8) is 0 Å². The zero-order valence-corrected chi connectivity index (χ0v) is 49.4. The third-order valence-electron chi connectivity index (χ3n) is 13.3. The highest BCUT2D eigenvalue weighted by atomic mass is 31.2. The molecule has 434 valence electrons. The van der Waals surface area contributed by atoms with Crippen LogP contribution in [0.15, 0.2) is 85.1 Å². The SMILES string of the molecule is CC/C=C\C/C=C\C/C=C\C/C=C\CCCCCCCCCCCCCCCCCCCCCCCCCCC(=O)OC(COC(=O)CCCCCCCCC/C=C\C/C=C\C/C=C\CC)COP(=O)(O)OCCN. The highest BCUT2D eigenvalue weighted by Crippen LogP contribution is 2.43. The first-order valence-corrected chi connectivity index (χ1v) is 32.6. The smallest absolute Gasteiger partial charge is 0.462 e. The molecular formula is C65H116NO8P. The van der Waals surface area contributed by atoms with Gasteiger partial charge >= 0.3 is 19.8 Å². The fourth-order valence-corrected chi connectivity index (χ4v) is 9.53. The lowest BCUT2D eigenvalue weighted by molar-refractivity contribution is -0.161. The lowest BCUT2D eigenvalue weighted by Gasteiger charge is -2.19. The van der Waals surface area contributed by atoms with Gasteiger partial charge < -0.3 is 20.1 Å². The fraction of sp³-hybridized carbons (Fsp3) is 0.754. The molecule has 10 heteroatoms. The molecule has 0 aromatic carbocycles. The van der Waals surface area contributed by atoms with Crippen molar-refractivity contribution >= 4 is 19.8 Å². The van der Waals surface area contributed by atoms with E-state index in [2.05, 4.69) is 98.9 Å². The molecule has 0 saturated heterocycles. The molecular weight excluding hydrogens is 954 g/mol. The zero-order chi connectivity index (χ0) is 54.5. The molecule has 9 nitrogen and oxygen atoms in total. The van der Waals surface area contributed by atoms with E-state index < -0.39 is 26.5 Å². The molecule has 0 bridgehead atoms. The van der Waals surface area contributed by atoms with Crippen molar-refractivity contribution in [2.24, 2.45) is 5.73 Å². The van der Waals surface area contributed by atoms with Crippen LogP contribution in [0.4, 0.5) is 0 Å². The van der Waals surface area contributed by atoms with E-state index in [-0.39, 0.29) is 38.6 Å². The number of rotatable bonds is 58. The summed E-state index contributed by atoms with van der Waals surface area (Å²) in [4.78, 5) is 35.2. The Morgan fingerprint density at radius 1 is 0.400 bits per heavy atom. The topological polar surface area (TPSA) is 134 Å². The third kappa shape index (κ3) is 60.3. The standard InChI is InChI=1S/C65H116NO8P/c1-3-5-7-9-11-13-15-17-19-21-22-23-24-25-26-27-28-29-30-31-32-33-34-35-36-37-38-39-40-42-44-46-48-50-52-54-56-58-65(68)74-63(62-73-75(69,70)72-60-59-66)61-71-64(67)57-55-53-51-49-47-45-43-41-20-18-16-14-12-10-8-6-4-2/h5-8,11-14,17-20,22-23,63H,3-4,9-10,15-16,21,24-62,66H2,1-2H3,(H,69,70)/b7-5-,8-6-,13-11-,14-12-,19-17-,20-18-,23-22-. The molecule has 0 spiro atoms. The molecule has 0 aliphatic carbocycles. The van der Waals surface area contributed by atoms with E-state index in [0.29, 0.717) is 6.42 Å². The molecule has 3 N–H and O–H groups in total. The third-order valence-corrected chi connectivity index (χ3v) is 14.3. The molecule has 0 amide bonds. The Labute approximate surface area is 462 Å². The van der Waals surface area contributed by atoms with Gasteiger partial charge in [-0.05, 0) is 83.5 Å². The van der Waals surface area contributed by atoms with Crippen molar-refractivity contribution in [1.29, 1.82) is 0 Å². The second-order valence-corrected chi connectivity index (χ2v) is 22.0. The molecule has 2 atom stereocenters. The van der Waals surface area contributed by atoms with Gasteiger partial charge in [0.25, 0.3) is 0 Å². The van der Waals surface area contributed by atoms with Gasteiger partial charge in [-0.1, -0.05) is 272 Å². The quantitative estimate of drug-likeness (QED) is 0.0264. The predicted molar refractivity (Wildman–Crippen MR) is 321 cm³/mol. The maximum Gasteiger partial charge on any atom is 0.472 e. The van der Waals surface area contributed by atoms with Crippen LogP contribution in [0.25, 0.3) is 0 Å². The van der Waals surface area contributed by atoms with Crippen molar-refractivity contribution in [3.8, 4) is 0 Å². The van der Waals surface area contributed by atoms with Gasteiger partial charge in [-0.3, -0.25) is 18.6 Å². The normalized spacial score (nSPS) is 13.6. The van der Waals surface area contributed by atoms with Crippen molar-refractivity contribution in [2.45, 2.75) is 290 Å². The number of unbranched alkanes of at least 4 members (excludes halogenated alkanes) is 31. The van der Waals surface area contributed by atoms with Gasteiger partial charge in [-0.25, -0.2) is 4.57 Å². The molecule has 0 aliphatic rings. The molecule has 75 heavy (non-hydrogen) atoms. The first-order valence-electron chi connectivity index (χ1n) is 31.1. The van der Waals surface area contributed by atoms with Crippen LogP contribution in [0.5, 0.6) is 0 Å². The Morgan fingerprint density at radius 3 is 1.03 bits per heavy atom. The van der Waals surface area contributed by atoms with E-state index in [9.17, 15) is 19.0 Å². The first kappa shape index (κ1) is 72.2. The van der Waals surface area contributed by atoms with Crippen LogP contribution in [0.2, 0.25) is 0 Å². The number of hydrogen-bond donors (Lipinski definition) is 2. The highest BCUT2D eigenvalue weighted by Gasteiger charge is 2.26. The van der Waals surface area contributed by atoms with Crippen LogP contribution in [-0.4, -0.2) is 49.3 Å². The van der Waals surface area contributed by atoms with E-state index in [0.717, 1.165) is 89.9 Å². The minimum atomic E-state index is -4.39. The molecule has 0 aromatic rings. The van der Waals surface area contributed by atoms with E-state index in [1.54, 1.807) is 0 Å². The number of phosphoric acid groups is 1. The van der Waals surface area contributed by atoms with Crippen molar-refractivity contribution < 1.29 is 37.6 Å². The zero-order valence-electron chi connectivity index (χ0n) is 48.5. The average Bonchev–Trinajstić information content (AvgIpc) is 3.40. The van der Waals surface area contributed by atoms with E-state index >= 15 is 0 Å². The van der Waals surface area contributed by atoms with Gasteiger partial charge in [-0.15, -0.1) is 0 Å². The second-order valence-electron chi connectivity index (χ2n) is 20.5. The number of esters is 2. The van der Waals surface area contributed by atoms with E-state index in [1.807, 2.05) is 0 Å². The van der Waals surface area contributed by atoms with E-state index in [4.69, 9.17) is 24.3 Å². The monoisotopic (exact) mass is 1070 g/mol. The van der Waals surface area contributed by atoms with Gasteiger partial charge in [0.05, 0.1) is 13.2 Å². The Bertz CT molecular complexity index is 1500. The van der Waals surface area contributed by atoms with Gasteiger partial charge in [0.2, 0.25) is 0 Å². The maximum absolute atomic E-state index is 12.7. The number of nitrogens with two attached hydrogens (primary N) is 1. The lowest BCUT2D eigenvalue weighted by atomic mass is 10.0. The van der Waals surface area contributed by atoms with Crippen LogP contribution in [0.3, 0.4) is 0 Å². The minimum Gasteiger partial charge on any atom is -0.462 e. The maximum atomic E-state index is 12.7. The second kappa shape index (κ2) is 60.4. The molecule has 0 radical (unpaired) electrons. The number of allylic oxidation sites excluding steroid dienone is 14. The van der Waals surface area contributed by atoms with Crippen LogP contribution in [0.1, 0.15) is 284 Å². The van der Waals surface area contributed by atoms with Gasteiger partial charge in [0.1, 0.15) is 6.61 Å². The summed E-state index contributed by atoms with van der Waals surface area (Å²) >= 11 is 0. The molecule has 2 unspecified atom stereocenters. The summed E-state index contributed by atoms with van der Waals surface area (Å²) < 4.78 is 33.0. The molecule has 0 fully saturated rings. The molecule has 0 heterocycles. The summed E-state index contributed by atoms with van der Waals surface area (Å²) in [5, 5.41) is 0. The largest absolute Gasteiger partial charge is 0.472 e. The number of ether oxygens (including phenoxy) is 2. The predicted octanol–water partition coefficient (Wildman–Crippen LogP) is 19.9. The van der Waals surface area contributed by atoms with E-state index in [1.165, 1.54) is 161 Å². The molecule has 0 aromatic heterocycles. The Balaban J connectivity index is 3.82. The molecule has 0 saturated carbocycles. The summed E-state index contributed by atoms with van der Waals surface area (Å²) in [6.45, 7) is 3.53. The van der Waals surface area contributed by atoms with Crippen molar-refractivity contribution in [2.75, 3.05) is 26.4 Å². The molecule has 0 aliphatic heterocycles. The summed E-state index contributed by atoms with van der Waals surface area (Å²) in [6.07, 6.45) is 79.6. The average molecular weight is 1070 g/mol. The van der Waals surface area contributed by atoms with Crippen LogP contribution < -0.4 is 5.73 Å². The van der Waals surface area contributed by atoms with Crippen molar-refractivity contribution in [1.82, 2.24) is 0 Å². The summed E-state index contributed by atoms with van der Waals surface area (Å²) in [7, 11) is -4.39. The van der Waals surface area contributed by atoms with Crippen LogP contribution in [-0.2, 0) is 32.7 Å². The summed E-state index contributed by atoms with van der Waals surface area (Å²) in [6, 6.07) is 0. The fourth-order valence-electron chi connectivity index (χ4n) is 8.76. The first-order chi connectivity index (χ1) is 36.8. The number of phosphoric ester groups is 1. The van der Waals surface area contributed by atoms with Crippen LogP contribution >= 0.6 is 7.82 Å². The summed E-state index contributed by atoms with van der Waals surface area (Å²) in [5.74, 6) is -0.831. The Kier molecular flexibility index (Phi) is 58.2. The summed E-state index contributed by atoms with van der Waals surface area (Å²) in [5.41, 5.74) is 5.38. The van der Waals surface area contributed by atoms with Gasteiger partial charge in [-0.2, -0.15) is 0 Å².